The van der Waals surface area contributed by atoms with Gasteiger partial charge in [0.2, 0.25) is 5.91 Å². The second kappa shape index (κ2) is 7.46. The first-order valence-electron chi connectivity index (χ1n) is 7.32. The summed E-state index contributed by atoms with van der Waals surface area (Å²) in [6.45, 7) is 2.44. The summed E-state index contributed by atoms with van der Waals surface area (Å²) < 4.78 is 5.49. The van der Waals surface area contributed by atoms with Crippen molar-refractivity contribution in [2.75, 3.05) is 13.1 Å². The minimum absolute atomic E-state index is 0.0659. The molecule has 1 unspecified atom stereocenters. The van der Waals surface area contributed by atoms with Crippen LogP contribution in [0.25, 0.3) is 0 Å². The number of amides is 2. The highest BCUT2D eigenvalue weighted by atomic mass is 16.5. The van der Waals surface area contributed by atoms with Gasteiger partial charge in [-0.25, -0.2) is 0 Å². The lowest BCUT2D eigenvalue weighted by Gasteiger charge is -2.15. The minimum Gasteiger partial charge on any atom is -0.481 e. The zero-order chi connectivity index (χ0) is 15.9. The van der Waals surface area contributed by atoms with Crippen LogP contribution in [-0.2, 0) is 9.59 Å². The third-order valence-electron chi connectivity index (χ3n) is 3.34. The Morgan fingerprint density at radius 3 is 2.50 bits per heavy atom. The highest BCUT2D eigenvalue weighted by molar-refractivity contribution is 5.81. The number of nitrogens with one attached hydrogen (secondary N) is 2. The van der Waals surface area contributed by atoms with E-state index in [1.165, 1.54) is 0 Å². The van der Waals surface area contributed by atoms with Crippen LogP contribution in [0.15, 0.2) is 24.3 Å². The maximum Gasteiger partial charge on any atom is 0.260 e. The van der Waals surface area contributed by atoms with Crippen LogP contribution in [0.2, 0.25) is 0 Å². The second-order valence-electron chi connectivity index (χ2n) is 5.25. The normalized spacial score (nSPS) is 14.5. The molecule has 1 aliphatic rings. The zero-order valence-electron chi connectivity index (χ0n) is 12.5. The Labute approximate surface area is 129 Å². The lowest BCUT2D eigenvalue weighted by Crippen LogP contribution is -2.41. The van der Waals surface area contributed by atoms with Crippen molar-refractivity contribution in [1.29, 1.82) is 5.26 Å². The second-order valence-corrected chi connectivity index (χ2v) is 5.25. The molecule has 22 heavy (non-hydrogen) atoms. The number of hydrogen-bond acceptors (Lipinski definition) is 4. The van der Waals surface area contributed by atoms with Crippen LogP contribution < -0.4 is 15.4 Å². The molecular weight excluding hydrogens is 282 g/mol. The molecule has 0 bridgehead atoms. The maximum atomic E-state index is 11.9. The van der Waals surface area contributed by atoms with E-state index in [0.717, 1.165) is 12.8 Å². The number of nitriles is 1. The summed E-state index contributed by atoms with van der Waals surface area (Å²) in [6, 6.07) is 8.58. The van der Waals surface area contributed by atoms with E-state index in [2.05, 4.69) is 10.6 Å². The lowest BCUT2D eigenvalue weighted by molar-refractivity contribution is -0.127. The lowest BCUT2D eigenvalue weighted by atomic mass is 10.2. The molecule has 0 aromatic heterocycles. The minimum atomic E-state index is -0.646. The molecule has 0 heterocycles. The summed E-state index contributed by atoms with van der Waals surface area (Å²) in [4.78, 5) is 23.3. The molecule has 1 atom stereocenters. The summed E-state index contributed by atoms with van der Waals surface area (Å²) in [6.07, 6.45) is 1.29. The van der Waals surface area contributed by atoms with Gasteiger partial charge in [-0.3, -0.25) is 9.59 Å². The number of hydrogen-bond donors (Lipinski definition) is 2. The van der Waals surface area contributed by atoms with E-state index in [1.807, 2.05) is 6.07 Å². The fourth-order valence-electron chi connectivity index (χ4n) is 1.87. The summed E-state index contributed by atoms with van der Waals surface area (Å²) in [5, 5.41) is 14.2. The molecule has 0 radical (unpaired) electrons. The van der Waals surface area contributed by atoms with Crippen LogP contribution in [0.3, 0.4) is 0 Å². The number of nitrogens with zero attached hydrogens (tertiary/aromatic N) is 1. The van der Waals surface area contributed by atoms with Crippen molar-refractivity contribution < 1.29 is 14.3 Å². The zero-order valence-corrected chi connectivity index (χ0v) is 12.5. The number of rotatable bonds is 7. The van der Waals surface area contributed by atoms with Crippen molar-refractivity contribution in [2.45, 2.75) is 25.9 Å². The van der Waals surface area contributed by atoms with Crippen molar-refractivity contribution >= 4 is 11.8 Å². The summed E-state index contributed by atoms with van der Waals surface area (Å²) >= 11 is 0. The van der Waals surface area contributed by atoms with Gasteiger partial charge in [-0.15, -0.1) is 0 Å². The first-order chi connectivity index (χ1) is 10.6. The maximum absolute atomic E-state index is 11.9. The van der Waals surface area contributed by atoms with Crippen LogP contribution in [0.1, 0.15) is 25.3 Å². The van der Waals surface area contributed by atoms with Gasteiger partial charge in [0.25, 0.3) is 5.91 Å². The Morgan fingerprint density at radius 1 is 1.27 bits per heavy atom. The van der Waals surface area contributed by atoms with E-state index in [9.17, 15) is 9.59 Å². The number of carbonyl (C=O) groups excluding carboxylic acids is 2. The molecular formula is C16H19N3O3. The molecule has 1 aromatic carbocycles. The van der Waals surface area contributed by atoms with E-state index in [1.54, 1.807) is 31.2 Å². The smallest absolute Gasteiger partial charge is 0.260 e. The van der Waals surface area contributed by atoms with Gasteiger partial charge in [0, 0.05) is 19.0 Å². The van der Waals surface area contributed by atoms with Crippen LogP contribution in [0, 0.1) is 17.2 Å². The van der Waals surface area contributed by atoms with Crippen LogP contribution >= 0.6 is 0 Å². The molecule has 2 N–H and O–H groups in total. The molecule has 6 nitrogen and oxygen atoms in total. The van der Waals surface area contributed by atoms with Gasteiger partial charge in [-0.05, 0) is 44.0 Å². The molecule has 1 saturated carbocycles. The predicted octanol–water partition coefficient (Wildman–Crippen LogP) is 0.968. The number of carbonyl (C=O) groups is 2. The standard InChI is InChI=1S/C16H19N3O3/c1-11(22-14-6-2-12(10-17)3-7-14)15(20)18-8-9-19-16(21)13-4-5-13/h2-3,6-7,11,13H,4-5,8-9H2,1H3,(H,18,20)(H,19,21). The number of benzene rings is 1. The van der Waals surface area contributed by atoms with Gasteiger partial charge in [0.1, 0.15) is 5.75 Å². The molecule has 1 fully saturated rings. The average molecular weight is 301 g/mol. The monoisotopic (exact) mass is 301 g/mol. The van der Waals surface area contributed by atoms with Crippen molar-refractivity contribution in [3.05, 3.63) is 29.8 Å². The Bertz CT molecular complexity index is 573. The van der Waals surface area contributed by atoms with E-state index < -0.39 is 6.10 Å². The molecule has 2 rings (SSSR count). The van der Waals surface area contributed by atoms with Crippen LogP contribution in [0.4, 0.5) is 0 Å². The molecule has 0 saturated heterocycles. The third kappa shape index (κ3) is 4.77. The molecule has 1 aromatic rings. The summed E-state index contributed by atoms with van der Waals surface area (Å²) in [5.41, 5.74) is 0.538. The number of ether oxygens (including phenoxy) is 1. The van der Waals surface area contributed by atoms with Crippen LogP contribution in [-0.4, -0.2) is 31.0 Å². The van der Waals surface area contributed by atoms with Crippen LogP contribution in [0.5, 0.6) is 5.75 Å². The Morgan fingerprint density at radius 2 is 1.91 bits per heavy atom. The van der Waals surface area contributed by atoms with E-state index in [4.69, 9.17) is 10.00 Å². The van der Waals surface area contributed by atoms with E-state index in [0.29, 0.717) is 24.4 Å². The van der Waals surface area contributed by atoms with Crippen molar-refractivity contribution in [2.24, 2.45) is 5.92 Å². The van der Waals surface area contributed by atoms with E-state index >= 15 is 0 Å². The predicted molar refractivity (Wildman–Crippen MR) is 80.0 cm³/mol. The molecule has 116 valence electrons. The first-order valence-corrected chi connectivity index (χ1v) is 7.32. The van der Waals surface area contributed by atoms with Crippen molar-refractivity contribution in [1.82, 2.24) is 10.6 Å². The summed E-state index contributed by atoms with van der Waals surface area (Å²) in [7, 11) is 0. The first kappa shape index (κ1) is 15.8. The average Bonchev–Trinajstić information content (AvgIpc) is 3.36. The molecule has 2 amide bonds. The molecule has 0 aliphatic heterocycles. The van der Waals surface area contributed by atoms with Gasteiger partial charge in [0.05, 0.1) is 11.6 Å². The highest BCUT2D eigenvalue weighted by Gasteiger charge is 2.29. The van der Waals surface area contributed by atoms with Gasteiger partial charge in [0.15, 0.2) is 6.10 Å². The quantitative estimate of drug-likeness (QED) is 0.734. The largest absolute Gasteiger partial charge is 0.481 e. The molecule has 6 heteroatoms. The van der Waals surface area contributed by atoms with Gasteiger partial charge < -0.3 is 15.4 Å². The van der Waals surface area contributed by atoms with Gasteiger partial charge >= 0.3 is 0 Å². The highest BCUT2D eigenvalue weighted by Crippen LogP contribution is 2.28. The SMILES string of the molecule is CC(Oc1ccc(C#N)cc1)C(=O)NCCNC(=O)C1CC1. The fraction of sp³-hybridized carbons (Fsp3) is 0.438. The van der Waals surface area contributed by atoms with Gasteiger partial charge in [-0.2, -0.15) is 5.26 Å². The third-order valence-corrected chi connectivity index (χ3v) is 3.34. The summed E-state index contributed by atoms with van der Waals surface area (Å²) in [5.74, 6) is 0.527. The fourth-order valence-corrected chi connectivity index (χ4v) is 1.87. The Hall–Kier alpha value is -2.55. The Balaban J connectivity index is 1.67. The topological polar surface area (TPSA) is 91.2 Å². The molecule has 0 spiro atoms. The van der Waals surface area contributed by atoms with Crippen molar-refractivity contribution in [3.8, 4) is 11.8 Å². The van der Waals surface area contributed by atoms with Gasteiger partial charge in [-0.1, -0.05) is 0 Å². The molecule has 1 aliphatic carbocycles. The van der Waals surface area contributed by atoms with E-state index in [-0.39, 0.29) is 17.7 Å². The van der Waals surface area contributed by atoms with Crippen molar-refractivity contribution in [3.63, 3.8) is 0 Å². The Kier molecular flexibility index (Phi) is 5.37.